The summed E-state index contributed by atoms with van der Waals surface area (Å²) in [7, 11) is 1.57. The molecule has 0 spiro atoms. The van der Waals surface area contributed by atoms with Crippen molar-refractivity contribution in [1.29, 1.82) is 0 Å². The maximum Gasteiger partial charge on any atom is 0.254 e. The van der Waals surface area contributed by atoms with Gasteiger partial charge in [-0.15, -0.1) is 0 Å². The number of ether oxygens (including phenoxy) is 3. The van der Waals surface area contributed by atoms with E-state index >= 15 is 0 Å². The van der Waals surface area contributed by atoms with E-state index in [4.69, 9.17) is 14.2 Å². The van der Waals surface area contributed by atoms with Crippen LogP contribution in [0.3, 0.4) is 0 Å². The molecule has 0 saturated carbocycles. The fraction of sp³-hybridized carbons (Fsp3) is 0.667. The van der Waals surface area contributed by atoms with Gasteiger partial charge in [-0.1, -0.05) is 6.07 Å². The van der Waals surface area contributed by atoms with Crippen LogP contribution in [0.4, 0.5) is 4.39 Å². The number of carbonyl (C=O) groups is 1. The second kappa shape index (κ2) is 12.2. The Morgan fingerprint density at radius 2 is 2.24 bits per heavy atom. The first-order chi connectivity index (χ1) is 13.9. The lowest BCUT2D eigenvalue weighted by molar-refractivity contribution is -0.0634. The van der Waals surface area contributed by atoms with Gasteiger partial charge in [-0.05, 0) is 32.0 Å². The maximum atomic E-state index is 13.5. The van der Waals surface area contributed by atoms with Gasteiger partial charge in [0.25, 0.3) is 5.91 Å². The van der Waals surface area contributed by atoms with Crippen molar-refractivity contribution in [3.63, 3.8) is 0 Å². The zero-order valence-electron chi connectivity index (χ0n) is 17.6. The molecule has 0 aliphatic carbocycles. The predicted molar refractivity (Wildman–Crippen MR) is 107 cm³/mol. The third-order valence-corrected chi connectivity index (χ3v) is 4.66. The Morgan fingerprint density at radius 1 is 1.45 bits per heavy atom. The Kier molecular flexibility index (Phi) is 9.96. The molecule has 7 nitrogen and oxygen atoms in total. The molecule has 1 heterocycles. The van der Waals surface area contributed by atoms with E-state index in [0.29, 0.717) is 51.5 Å². The Hall–Kier alpha value is -1.58. The zero-order valence-corrected chi connectivity index (χ0v) is 17.6. The zero-order chi connectivity index (χ0) is 21.2. The van der Waals surface area contributed by atoms with Crippen LogP contribution in [0.25, 0.3) is 0 Å². The van der Waals surface area contributed by atoms with E-state index < -0.39 is 11.9 Å². The first kappa shape index (κ1) is 23.7. The molecule has 1 fully saturated rings. The molecule has 1 saturated heterocycles. The van der Waals surface area contributed by atoms with Gasteiger partial charge in [-0.2, -0.15) is 0 Å². The molecule has 29 heavy (non-hydrogen) atoms. The molecule has 8 heteroatoms. The SMILES string of the molecule is COCCN(C[C@H]1CN(C[C@@H](O)COC(C)C)CCO1)C(=O)c1cccc(F)c1. The van der Waals surface area contributed by atoms with Crippen molar-refractivity contribution in [2.45, 2.75) is 32.2 Å². The standard InChI is InChI=1S/C21H33FN2O5/c1-16(2)29-15-19(25)12-23-7-10-28-20(13-23)14-24(8-9-27-3)21(26)17-5-4-6-18(22)11-17/h4-6,11,16,19-20,25H,7-10,12-15H2,1-3H3/t19-,20-/m1/s1. The Labute approximate surface area is 172 Å². The average molecular weight is 413 g/mol. The van der Waals surface area contributed by atoms with Crippen LogP contribution in [0.5, 0.6) is 0 Å². The van der Waals surface area contributed by atoms with Gasteiger partial charge in [0.1, 0.15) is 5.82 Å². The minimum Gasteiger partial charge on any atom is -0.389 e. The largest absolute Gasteiger partial charge is 0.389 e. The monoisotopic (exact) mass is 412 g/mol. The normalized spacial score (nSPS) is 18.8. The van der Waals surface area contributed by atoms with E-state index in [-0.39, 0.29) is 24.7 Å². The minimum atomic E-state index is -0.574. The molecule has 1 aromatic rings. The number of hydrogen-bond acceptors (Lipinski definition) is 6. The molecule has 2 atom stereocenters. The average Bonchev–Trinajstić information content (AvgIpc) is 2.69. The number of hydrogen-bond donors (Lipinski definition) is 1. The van der Waals surface area contributed by atoms with E-state index in [2.05, 4.69) is 4.90 Å². The highest BCUT2D eigenvalue weighted by Crippen LogP contribution is 2.12. The lowest BCUT2D eigenvalue weighted by Gasteiger charge is -2.36. The summed E-state index contributed by atoms with van der Waals surface area (Å²) in [6.07, 6.45) is -0.698. The minimum absolute atomic E-state index is 0.0743. The molecule has 2 rings (SSSR count). The number of amides is 1. The number of benzene rings is 1. The van der Waals surface area contributed by atoms with Gasteiger partial charge in [-0.3, -0.25) is 9.69 Å². The van der Waals surface area contributed by atoms with E-state index in [1.54, 1.807) is 18.1 Å². The second-order valence-corrected chi connectivity index (χ2v) is 7.54. The third kappa shape index (κ3) is 8.36. The molecule has 1 aliphatic rings. The number of morpholine rings is 1. The molecule has 164 valence electrons. The summed E-state index contributed by atoms with van der Waals surface area (Å²) in [6, 6.07) is 5.68. The maximum absolute atomic E-state index is 13.5. The number of aliphatic hydroxyl groups is 1. The van der Waals surface area contributed by atoms with Crippen LogP contribution in [0.15, 0.2) is 24.3 Å². The smallest absolute Gasteiger partial charge is 0.254 e. The summed E-state index contributed by atoms with van der Waals surface area (Å²) in [4.78, 5) is 16.6. The fourth-order valence-corrected chi connectivity index (χ4v) is 3.24. The van der Waals surface area contributed by atoms with Gasteiger partial charge in [-0.25, -0.2) is 4.39 Å². The summed E-state index contributed by atoms with van der Waals surface area (Å²) >= 11 is 0. The first-order valence-electron chi connectivity index (χ1n) is 10.1. The molecule has 1 amide bonds. The van der Waals surface area contributed by atoms with E-state index in [1.807, 2.05) is 13.8 Å². The Balaban J connectivity index is 1.94. The highest BCUT2D eigenvalue weighted by atomic mass is 19.1. The summed E-state index contributed by atoms with van der Waals surface area (Å²) in [5.74, 6) is -0.701. The van der Waals surface area contributed by atoms with Crippen LogP contribution in [0.1, 0.15) is 24.2 Å². The molecule has 1 aliphatic heterocycles. The van der Waals surface area contributed by atoms with Crippen molar-refractivity contribution in [1.82, 2.24) is 9.80 Å². The van der Waals surface area contributed by atoms with Gasteiger partial charge < -0.3 is 24.2 Å². The van der Waals surface area contributed by atoms with Crippen molar-refractivity contribution < 1.29 is 28.5 Å². The number of rotatable bonds is 11. The molecule has 1 N–H and O–H groups in total. The van der Waals surface area contributed by atoms with Gasteiger partial charge >= 0.3 is 0 Å². The van der Waals surface area contributed by atoms with Gasteiger partial charge in [0.05, 0.1) is 38.1 Å². The summed E-state index contributed by atoms with van der Waals surface area (Å²) in [5.41, 5.74) is 0.301. The van der Waals surface area contributed by atoms with Crippen molar-refractivity contribution in [2.75, 3.05) is 59.7 Å². The molecule has 0 bridgehead atoms. The van der Waals surface area contributed by atoms with E-state index in [9.17, 15) is 14.3 Å². The molecule has 0 unspecified atom stereocenters. The van der Waals surface area contributed by atoms with Crippen molar-refractivity contribution in [3.8, 4) is 0 Å². The number of methoxy groups -OCH3 is 1. The van der Waals surface area contributed by atoms with Crippen molar-refractivity contribution >= 4 is 5.91 Å². The second-order valence-electron chi connectivity index (χ2n) is 7.54. The summed E-state index contributed by atoms with van der Waals surface area (Å²) < 4.78 is 30.0. The van der Waals surface area contributed by atoms with Gasteiger partial charge in [0, 0.05) is 45.4 Å². The van der Waals surface area contributed by atoms with E-state index in [0.717, 1.165) is 0 Å². The molecule has 0 aromatic heterocycles. The molecular formula is C21H33FN2O5. The molecule has 1 aromatic carbocycles. The lowest BCUT2D eigenvalue weighted by Crippen LogP contribution is -2.51. The number of β-amino-alcohol motifs (C(OH)–C–C–N with tert-alkyl or cyclic N) is 1. The third-order valence-electron chi connectivity index (χ3n) is 4.66. The highest BCUT2D eigenvalue weighted by molar-refractivity contribution is 5.94. The van der Waals surface area contributed by atoms with Gasteiger partial charge in [0.15, 0.2) is 0 Å². The van der Waals surface area contributed by atoms with Crippen molar-refractivity contribution in [2.24, 2.45) is 0 Å². The van der Waals surface area contributed by atoms with Crippen molar-refractivity contribution in [3.05, 3.63) is 35.6 Å². The summed E-state index contributed by atoms with van der Waals surface area (Å²) in [6.45, 7) is 7.61. The quantitative estimate of drug-likeness (QED) is 0.593. The van der Waals surface area contributed by atoms with Crippen LogP contribution in [-0.4, -0.2) is 98.8 Å². The predicted octanol–water partition coefficient (Wildman–Crippen LogP) is 1.40. The van der Waals surface area contributed by atoms with E-state index in [1.165, 1.54) is 18.2 Å². The van der Waals surface area contributed by atoms with Crippen LogP contribution in [0, 0.1) is 5.82 Å². The summed E-state index contributed by atoms with van der Waals surface area (Å²) in [5, 5.41) is 10.2. The topological polar surface area (TPSA) is 71.5 Å². The number of halogens is 1. The lowest BCUT2D eigenvalue weighted by atomic mass is 10.1. The number of aliphatic hydroxyl groups excluding tert-OH is 1. The fourth-order valence-electron chi connectivity index (χ4n) is 3.24. The molecular weight excluding hydrogens is 379 g/mol. The number of carbonyl (C=O) groups excluding carboxylic acids is 1. The Bertz CT molecular complexity index is 631. The highest BCUT2D eigenvalue weighted by Gasteiger charge is 2.26. The van der Waals surface area contributed by atoms with Crippen LogP contribution < -0.4 is 0 Å². The first-order valence-corrected chi connectivity index (χ1v) is 10.1. The number of nitrogens with zero attached hydrogens (tertiary/aromatic N) is 2. The van der Waals surface area contributed by atoms with Crippen LogP contribution in [0.2, 0.25) is 0 Å². The van der Waals surface area contributed by atoms with Crippen LogP contribution >= 0.6 is 0 Å². The molecule has 0 radical (unpaired) electrons. The van der Waals surface area contributed by atoms with Crippen LogP contribution in [-0.2, 0) is 14.2 Å². The van der Waals surface area contributed by atoms with Gasteiger partial charge in [0.2, 0.25) is 0 Å². The Morgan fingerprint density at radius 3 is 2.93 bits per heavy atom.